The van der Waals surface area contributed by atoms with Crippen molar-refractivity contribution >= 4 is 11.9 Å². The number of ether oxygens (including phenoxy) is 2. The smallest absolute Gasteiger partial charge is 0.337 e. The second-order valence-electron chi connectivity index (χ2n) is 7.10. The standard InChI is InChI=1S/C22H26N2O4/c1-27-20-11-5-17(6-12-20)14-24(19-9-10-19)15-21(25)23-13-16-3-7-18(8-4-16)22(26)28-2/h3-8,11-12,19H,9-10,13-15H2,1-2H3,(H,23,25)/p+1. The molecular formula is C22H27N2O4+. The maximum atomic E-state index is 12.4. The van der Waals surface area contributed by atoms with Gasteiger partial charge in [-0.1, -0.05) is 12.1 Å². The number of hydrogen-bond acceptors (Lipinski definition) is 4. The minimum Gasteiger partial charge on any atom is -0.497 e. The van der Waals surface area contributed by atoms with Gasteiger partial charge in [-0.05, 0) is 42.0 Å². The molecule has 0 aliphatic heterocycles. The molecule has 6 nitrogen and oxygen atoms in total. The average molecular weight is 383 g/mol. The molecule has 148 valence electrons. The van der Waals surface area contributed by atoms with E-state index in [1.54, 1.807) is 19.2 Å². The van der Waals surface area contributed by atoms with Gasteiger partial charge < -0.3 is 19.7 Å². The van der Waals surface area contributed by atoms with Crippen molar-refractivity contribution in [1.82, 2.24) is 5.32 Å². The summed E-state index contributed by atoms with van der Waals surface area (Å²) >= 11 is 0. The Labute approximate surface area is 165 Å². The van der Waals surface area contributed by atoms with Gasteiger partial charge in [0.25, 0.3) is 5.91 Å². The van der Waals surface area contributed by atoms with E-state index in [0.29, 0.717) is 24.7 Å². The predicted octanol–water partition coefficient (Wildman–Crippen LogP) is 1.35. The number of benzene rings is 2. The lowest BCUT2D eigenvalue weighted by Gasteiger charge is -2.19. The summed E-state index contributed by atoms with van der Waals surface area (Å²) in [7, 11) is 3.01. The van der Waals surface area contributed by atoms with Gasteiger partial charge in [0.05, 0.1) is 25.8 Å². The third-order valence-electron chi connectivity index (χ3n) is 5.00. The molecule has 0 radical (unpaired) electrons. The van der Waals surface area contributed by atoms with Crippen LogP contribution in [0.4, 0.5) is 0 Å². The summed E-state index contributed by atoms with van der Waals surface area (Å²) in [5, 5.41) is 2.98. The Morgan fingerprint density at radius 3 is 2.21 bits per heavy atom. The number of hydrogen-bond donors (Lipinski definition) is 2. The summed E-state index contributed by atoms with van der Waals surface area (Å²) in [4.78, 5) is 25.2. The van der Waals surface area contributed by atoms with E-state index in [2.05, 4.69) is 22.2 Å². The van der Waals surface area contributed by atoms with Crippen LogP contribution in [0, 0.1) is 0 Å². The molecule has 2 aromatic carbocycles. The van der Waals surface area contributed by atoms with E-state index in [9.17, 15) is 9.59 Å². The Morgan fingerprint density at radius 1 is 1.00 bits per heavy atom. The van der Waals surface area contributed by atoms with Crippen LogP contribution in [0.3, 0.4) is 0 Å². The highest BCUT2D eigenvalue weighted by Crippen LogP contribution is 2.16. The Bertz CT molecular complexity index is 798. The van der Waals surface area contributed by atoms with Gasteiger partial charge in [-0.25, -0.2) is 4.79 Å². The molecule has 0 heterocycles. The van der Waals surface area contributed by atoms with E-state index in [1.807, 2.05) is 24.3 Å². The summed E-state index contributed by atoms with van der Waals surface area (Å²) in [6, 6.07) is 15.7. The number of rotatable bonds is 9. The molecule has 1 saturated carbocycles. The lowest BCUT2D eigenvalue weighted by atomic mass is 10.1. The lowest BCUT2D eigenvalue weighted by molar-refractivity contribution is -0.917. The number of carbonyl (C=O) groups is 2. The first-order valence-electron chi connectivity index (χ1n) is 9.50. The van der Waals surface area contributed by atoms with Gasteiger partial charge in [-0.15, -0.1) is 0 Å². The van der Waals surface area contributed by atoms with Crippen LogP contribution in [0.25, 0.3) is 0 Å². The van der Waals surface area contributed by atoms with Crippen molar-refractivity contribution in [1.29, 1.82) is 0 Å². The molecule has 2 N–H and O–H groups in total. The zero-order valence-electron chi connectivity index (χ0n) is 16.4. The highest BCUT2D eigenvalue weighted by atomic mass is 16.5. The molecule has 28 heavy (non-hydrogen) atoms. The van der Waals surface area contributed by atoms with Crippen LogP contribution in [-0.4, -0.2) is 38.7 Å². The highest BCUT2D eigenvalue weighted by molar-refractivity contribution is 5.89. The average Bonchev–Trinajstić information content (AvgIpc) is 3.57. The van der Waals surface area contributed by atoms with Gasteiger partial charge in [-0.2, -0.15) is 0 Å². The third-order valence-corrected chi connectivity index (χ3v) is 5.00. The number of nitrogens with one attached hydrogen (secondary N) is 2. The number of amides is 1. The van der Waals surface area contributed by atoms with E-state index in [-0.39, 0.29) is 11.9 Å². The van der Waals surface area contributed by atoms with Crippen LogP contribution in [-0.2, 0) is 22.6 Å². The molecule has 1 amide bonds. The van der Waals surface area contributed by atoms with Gasteiger partial charge in [0.15, 0.2) is 6.54 Å². The zero-order chi connectivity index (χ0) is 19.9. The fourth-order valence-corrected chi connectivity index (χ4v) is 3.19. The Kier molecular flexibility index (Phi) is 6.66. The maximum absolute atomic E-state index is 12.4. The summed E-state index contributed by atoms with van der Waals surface area (Å²) < 4.78 is 9.89. The molecule has 1 fully saturated rings. The molecular weight excluding hydrogens is 356 g/mol. The molecule has 1 atom stereocenters. The second-order valence-corrected chi connectivity index (χ2v) is 7.10. The van der Waals surface area contributed by atoms with Gasteiger partial charge in [0.1, 0.15) is 12.3 Å². The van der Waals surface area contributed by atoms with Crippen molar-refractivity contribution in [2.24, 2.45) is 0 Å². The van der Waals surface area contributed by atoms with Gasteiger partial charge >= 0.3 is 5.97 Å². The topological polar surface area (TPSA) is 69.1 Å². The van der Waals surface area contributed by atoms with Crippen molar-refractivity contribution in [3.8, 4) is 5.75 Å². The fraction of sp³-hybridized carbons (Fsp3) is 0.364. The van der Waals surface area contributed by atoms with Crippen molar-refractivity contribution in [2.45, 2.75) is 32.0 Å². The minimum atomic E-state index is -0.363. The molecule has 1 aliphatic carbocycles. The van der Waals surface area contributed by atoms with Crippen LogP contribution in [0.1, 0.15) is 34.3 Å². The number of quaternary nitrogens is 1. The van der Waals surface area contributed by atoms with Crippen LogP contribution in [0.15, 0.2) is 48.5 Å². The first-order valence-corrected chi connectivity index (χ1v) is 9.50. The first kappa shape index (κ1) is 19.9. The third kappa shape index (κ3) is 5.57. The van der Waals surface area contributed by atoms with E-state index in [4.69, 9.17) is 4.74 Å². The molecule has 2 aromatic rings. The number of methoxy groups -OCH3 is 2. The largest absolute Gasteiger partial charge is 0.497 e. The van der Waals surface area contributed by atoms with Gasteiger partial charge in [0, 0.05) is 24.9 Å². The number of esters is 1. The predicted molar refractivity (Wildman–Crippen MR) is 105 cm³/mol. The van der Waals surface area contributed by atoms with Crippen molar-refractivity contribution in [2.75, 3.05) is 20.8 Å². The second kappa shape index (κ2) is 9.37. The Hall–Kier alpha value is -2.86. The van der Waals surface area contributed by atoms with Gasteiger partial charge in [0.2, 0.25) is 0 Å². The van der Waals surface area contributed by atoms with Crippen molar-refractivity contribution < 1.29 is 24.0 Å². The number of carbonyl (C=O) groups excluding carboxylic acids is 2. The summed E-state index contributed by atoms with van der Waals surface area (Å²) in [6.07, 6.45) is 2.35. The molecule has 0 aromatic heterocycles. The van der Waals surface area contributed by atoms with Crippen molar-refractivity contribution in [3.63, 3.8) is 0 Å². The summed E-state index contributed by atoms with van der Waals surface area (Å²) in [5.41, 5.74) is 2.65. The molecule has 1 unspecified atom stereocenters. The molecule has 3 rings (SSSR count). The summed E-state index contributed by atoms with van der Waals surface area (Å²) in [6.45, 7) is 1.73. The monoisotopic (exact) mass is 383 g/mol. The SMILES string of the molecule is COC(=O)c1ccc(CNC(=O)C[NH+](Cc2ccc(OC)cc2)C2CC2)cc1. The molecule has 1 aliphatic rings. The first-order chi connectivity index (χ1) is 13.6. The van der Waals surface area contributed by atoms with Crippen LogP contribution in [0.2, 0.25) is 0 Å². The zero-order valence-corrected chi connectivity index (χ0v) is 16.4. The molecule has 0 saturated heterocycles. The van der Waals surface area contributed by atoms with E-state index < -0.39 is 0 Å². The van der Waals surface area contributed by atoms with Gasteiger partial charge in [-0.3, -0.25) is 4.79 Å². The van der Waals surface area contributed by atoms with Crippen LogP contribution >= 0.6 is 0 Å². The normalized spacial score (nSPS) is 14.2. The molecule has 0 bridgehead atoms. The fourth-order valence-electron chi connectivity index (χ4n) is 3.19. The van der Waals surface area contributed by atoms with E-state index in [1.165, 1.54) is 30.4 Å². The quantitative estimate of drug-likeness (QED) is 0.642. The minimum absolute atomic E-state index is 0.0347. The molecule has 0 spiro atoms. The van der Waals surface area contributed by atoms with E-state index >= 15 is 0 Å². The highest BCUT2D eigenvalue weighted by Gasteiger charge is 2.34. The maximum Gasteiger partial charge on any atom is 0.337 e. The molecule has 6 heteroatoms. The summed E-state index contributed by atoms with van der Waals surface area (Å²) in [5.74, 6) is 0.512. The van der Waals surface area contributed by atoms with Crippen LogP contribution < -0.4 is 15.0 Å². The Balaban J connectivity index is 1.50. The lowest BCUT2D eigenvalue weighted by Crippen LogP contribution is -3.13. The Morgan fingerprint density at radius 2 is 1.64 bits per heavy atom. The van der Waals surface area contributed by atoms with Crippen molar-refractivity contribution in [3.05, 3.63) is 65.2 Å². The van der Waals surface area contributed by atoms with E-state index in [0.717, 1.165) is 17.9 Å². The van der Waals surface area contributed by atoms with Crippen LogP contribution in [0.5, 0.6) is 5.75 Å².